The second kappa shape index (κ2) is 9.20. The second-order valence-corrected chi connectivity index (χ2v) is 9.02. The van der Waals surface area contributed by atoms with E-state index in [0.717, 1.165) is 38.6 Å². The first-order valence-electron chi connectivity index (χ1n) is 8.81. The Morgan fingerprint density at radius 2 is 2.04 bits per heavy atom. The molecule has 25 heavy (non-hydrogen) atoms. The van der Waals surface area contributed by atoms with Crippen LogP contribution in [0.1, 0.15) is 24.5 Å². The molecular formula is C18H30N4O2S. The summed E-state index contributed by atoms with van der Waals surface area (Å²) < 4.78 is 22.5. The number of nitrogens with one attached hydrogen (secondary N) is 2. The summed E-state index contributed by atoms with van der Waals surface area (Å²) >= 11 is 0. The lowest BCUT2D eigenvalue weighted by molar-refractivity contribution is 0.258. The van der Waals surface area contributed by atoms with E-state index >= 15 is 0 Å². The average molecular weight is 367 g/mol. The summed E-state index contributed by atoms with van der Waals surface area (Å²) in [6, 6.07) is 8.69. The Balaban J connectivity index is 1.71. The van der Waals surface area contributed by atoms with Crippen molar-refractivity contribution in [1.29, 1.82) is 0 Å². The minimum absolute atomic E-state index is 0.0581. The molecule has 2 rings (SSSR count). The molecule has 0 saturated heterocycles. The van der Waals surface area contributed by atoms with E-state index in [4.69, 9.17) is 0 Å². The molecule has 6 nitrogen and oxygen atoms in total. The van der Waals surface area contributed by atoms with Crippen molar-refractivity contribution in [2.75, 3.05) is 38.7 Å². The molecule has 0 aliphatic carbocycles. The fraction of sp³-hybridized carbons (Fsp3) is 0.611. The van der Waals surface area contributed by atoms with E-state index in [1.807, 2.05) is 6.92 Å². The maximum absolute atomic E-state index is 11.2. The summed E-state index contributed by atoms with van der Waals surface area (Å²) in [7, 11) is -1.19. The van der Waals surface area contributed by atoms with Gasteiger partial charge in [0.15, 0.2) is 5.96 Å². The van der Waals surface area contributed by atoms with Crippen molar-refractivity contribution in [2.45, 2.75) is 32.4 Å². The molecule has 0 spiro atoms. The number of sulfone groups is 1. The Morgan fingerprint density at radius 1 is 1.32 bits per heavy atom. The van der Waals surface area contributed by atoms with Gasteiger partial charge in [0, 0.05) is 45.5 Å². The molecule has 1 aliphatic heterocycles. The summed E-state index contributed by atoms with van der Waals surface area (Å²) in [6.07, 6.45) is 2.94. The molecule has 7 heteroatoms. The highest BCUT2D eigenvalue weighted by Gasteiger charge is 2.15. The molecule has 1 aromatic rings. The predicted molar refractivity (Wildman–Crippen MR) is 104 cm³/mol. The van der Waals surface area contributed by atoms with Crippen LogP contribution in [0.3, 0.4) is 0 Å². The number of hydrogen-bond donors (Lipinski definition) is 2. The van der Waals surface area contributed by atoms with Gasteiger partial charge in [-0.05, 0) is 30.9 Å². The molecule has 0 amide bonds. The van der Waals surface area contributed by atoms with Gasteiger partial charge >= 0.3 is 0 Å². The third kappa shape index (κ3) is 7.04. The van der Waals surface area contributed by atoms with E-state index < -0.39 is 9.84 Å². The molecule has 1 atom stereocenters. The molecule has 0 bridgehead atoms. The quantitative estimate of drug-likeness (QED) is 0.557. The van der Waals surface area contributed by atoms with Gasteiger partial charge in [-0.3, -0.25) is 9.89 Å². The van der Waals surface area contributed by atoms with Crippen molar-refractivity contribution in [2.24, 2.45) is 4.99 Å². The first-order valence-corrected chi connectivity index (χ1v) is 10.9. The monoisotopic (exact) mass is 366 g/mol. The molecule has 1 heterocycles. The Morgan fingerprint density at radius 3 is 2.72 bits per heavy atom. The predicted octanol–water partition coefficient (Wildman–Crippen LogP) is 1.03. The van der Waals surface area contributed by atoms with Crippen molar-refractivity contribution < 1.29 is 8.42 Å². The Hall–Kier alpha value is -1.60. The summed E-state index contributed by atoms with van der Waals surface area (Å²) in [6.45, 7) is 5.80. The number of guanidine groups is 1. The van der Waals surface area contributed by atoms with Crippen LogP contribution in [0.15, 0.2) is 29.3 Å². The van der Waals surface area contributed by atoms with Crippen LogP contribution in [-0.2, 0) is 22.8 Å². The van der Waals surface area contributed by atoms with Gasteiger partial charge in [-0.1, -0.05) is 24.3 Å². The zero-order valence-electron chi connectivity index (χ0n) is 15.5. The van der Waals surface area contributed by atoms with E-state index in [2.05, 4.69) is 44.8 Å². The summed E-state index contributed by atoms with van der Waals surface area (Å²) in [5.41, 5.74) is 2.88. The standard InChI is InChI=1S/C18H30N4O2S/c1-15(9-13-25(3,23)24)21-18(19-2)20-10-12-22-11-8-16-6-4-5-7-17(16)14-22/h4-7,15H,8-14H2,1-3H3,(H2,19,20,21). The molecule has 0 fully saturated rings. The summed E-state index contributed by atoms with van der Waals surface area (Å²) in [5.74, 6) is 0.907. The van der Waals surface area contributed by atoms with Crippen molar-refractivity contribution in [1.82, 2.24) is 15.5 Å². The van der Waals surface area contributed by atoms with E-state index in [-0.39, 0.29) is 11.8 Å². The first kappa shape index (κ1) is 19.7. The highest BCUT2D eigenvalue weighted by molar-refractivity contribution is 7.90. The maximum atomic E-state index is 11.2. The minimum atomic E-state index is -2.92. The van der Waals surface area contributed by atoms with Crippen LogP contribution < -0.4 is 10.6 Å². The van der Waals surface area contributed by atoms with Crippen LogP contribution in [0.4, 0.5) is 0 Å². The van der Waals surface area contributed by atoms with Crippen LogP contribution in [0.2, 0.25) is 0 Å². The molecule has 0 aromatic heterocycles. The van der Waals surface area contributed by atoms with Gasteiger partial charge in [0.1, 0.15) is 9.84 Å². The maximum Gasteiger partial charge on any atom is 0.191 e. The average Bonchev–Trinajstić information content (AvgIpc) is 2.58. The largest absolute Gasteiger partial charge is 0.355 e. The first-order chi connectivity index (χ1) is 11.9. The third-order valence-electron chi connectivity index (χ3n) is 4.46. The van der Waals surface area contributed by atoms with Gasteiger partial charge in [0.25, 0.3) is 0 Å². The number of fused-ring (bicyclic) bond motifs is 1. The topological polar surface area (TPSA) is 73.8 Å². The molecular weight excluding hydrogens is 336 g/mol. The highest BCUT2D eigenvalue weighted by Crippen LogP contribution is 2.17. The van der Waals surface area contributed by atoms with Gasteiger partial charge < -0.3 is 10.6 Å². The van der Waals surface area contributed by atoms with Crippen molar-refractivity contribution in [3.63, 3.8) is 0 Å². The molecule has 1 aromatic carbocycles. The molecule has 0 saturated carbocycles. The van der Waals surface area contributed by atoms with Gasteiger partial charge in [0.05, 0.1) is 5.75 Å². The van der Waals surface area contributed by atoms with E-state index in [1.165, 1.54) is 17.4 Å². The lowest BCUT2D eigenvalue weighted by Crippen LogP contribution is -2.45. The fourth-order valence-corrected chi connectivity index (χ4v) is 3.75. The Bertz CT molecular complexity index is 688. The van der Waals surface area contributed by atoms with Crippen molar-refractivity contribution >= 4 is 15.8 Å². The van der Waals surface area contributed by atoms with Crippen molar-refractivity contribution in [3.8, 4) is 0 Å². The van der Waals surface area contributed by atoms with Crippen LogP contribution in [-0.4, -0.2) is 64.0 Å². The molecule has 2 N–H and O–H groups in total. The smallest absolute Gasteiger partial charge is 0.191 e. The zero-order valence-corrected chi connectivity index (χ0v) is 16.3. The molecule has 1 aliphatic rings. The second-order valence-electron chi connectivity index (χ2n) is 6.76. The number of hydrogen-bond acceptors (Lipinski definition) is 4. The normalized spacial score (nSPS) is 17.0. The number of aliphatic imine (C=N–C) groups is 1. The molecule has 0 radical (unpaired) electrons. The highest BCUT2D eigenvalue weighted by atomic mass is 32.2. The fourth-order valence-electron chi connectivity index (χ4n) is 2.97. The third-order valence-corrected chi connectivity index (χ3v) is 5.44. The van der Waals surface area contributed by atoms with Gasteiger partial charge in [-0.15, -0.1) is 0 Å². The van der Waals surface area contributed by atoms with Crippen LogP contribution in [0.25, 0.3) is 0 Å². The lowest BCUT2D eigenvalue weighted by atomic mass is 10.00. The SMILES string of the molecule is CN=C(NCCN1CCc2ccccc2C1)NC(C)CCS(C)(=O)=O. The zero-order chi connectivity index (χ0) is 18.3. The molecule has 140 valence electrons. The van der Waals surface area contributed by atoms with Crippen LogP contribution in [0.5, 0.6) is 0 Å². The Labute approximate surface area is 151 Å². The van der Waals surface area contributed by atoms with Gasteiger partial charge in [-0.25, -0.2) is 8.42 Å². The Kier molecular flexibility index (Phi) is 7.25. The van der Waals surface area contributed by atoms with E-state index in [9.17, 15) is 8.42 Å². The van der Waals surface area contributed by atoms with Crippen LogP contribution >= 0.6 is 0 Å². The van der Waals surface area contributed by atoms with E-state index in [1.54, 1.807) is 7.05 Å². The summed E-state index contributed by atoms with van der Waals surface area (Å²) in [5, 5.41) is 6.57. The molecule has 1 unspecified atom stereocenters. The van der Waals surface area contributed by atoms with E-state index in [0.29, 0.717) is 6.42 Å². The number of nitrogens with zero attached hydrogens (tertiary/aromatic N) is 2. The van der Waals surface area contributed by atoms with Crippen LogP contribution in [0, 0.1) is 0 Å². The number of rotatable bonds is 7. The van der Waals surface area contributed by atoms with Gasteiger partial charge in [-0.2, -0.15) is 0 Å². The van der Waals surface area contributed by atoms with Gasteiger partial charge in [0.2, 0.25) is 0 Å². The number of benzene rings is 1. The minimum Gasteiger partial charge on any atom is -0.355 e. The summed E-state index contributed by atoms with van der Waals surface area (Å²) in [4.78, 5) is 6.66. The van der Waals surface area contributed by atoms with Crippen molar-refractivity contribution in [3.05, 3.63) is 35.4 Å². The lowest BCUT2D eigenvalue weighted by Gasteiger charge is -2.29.